The number of hydrogen-bond donors (Lipinski definition) is 1. The molecule has 2 heterocycles. The first-order valence-corrected chi connectivity index (χ1v) is 6.22. The summed E-state index contributed by atoms with van der Waals surface area (Å²) in [4.78, 5) is 12.4. The minimum Gasteiger partial charge on any atom is -0.339 e. The second-order valence-corrected chi connectivity index (χ2v) is 4.32. The molecule has 0 aliphatic heterocycles. The van der Waals surface area contributed by atoms with E-state index in [0.717, 1.165) is 5.56 Å². The largest absolute Gasteiger partial charge is 0.339 e. The molecule has 1 atom stereocenters. The van der Waals surface area contributed by atoms with Crippen LogP contribution in [0, 0.1) is 0 Å². The summed E-state index contributed by atoms with van der Waals surface area (Å²) in [6, 6.07) is 9.64. The quantitative estimate of drug-likeness (QED) is 0.774. The molecule has 6 nitrogen and oxygen atoms in total. The summed E-state index contributed by atoms with van der Waals surface area (Å²) in [6.07, 6.45) is 5.25. The van der Waals surface area contributed by atoms with Crippen LogP contribution in [0.2, 0.25) is 0 Å². The number of nitrogens with two attached hydrogens (primary N) is 1. The highest BCUT2D eigenvalue weighted by molar-refractivity contribution is 5.45. The van der Waals surface area contributed by atoms with Gasteiger partial charge in [-0.05, 0) is 5.56 Å². The van der Waals surface area contributed by atoms with E-state index < -0.39 is 0 Å². The van der Waals surface area contributed by atoms with Crippen LogP contribution in [-0.2, 0) is 6.42 Å². The predicted molar refractivity (Wildman–Crippen MR) is 72.4 cm³/mol. The van der Waals surface area contributed by atoms with Crippen molar-refractivity contribution in [2.75, 3.05) is 0 Å². The molecule has 0 radical (unpaired) electrons. The molecule has 1 aromatic carbocycles. The molecule has 100 valence electrons. The molecule has 3 aromatic rings. The fourth-order valence-electron chi connectivity index (χ4n) is 1.86. The lowest BCUT2D eigenvalue weighted by Crippen LogP contribution is -2.13. The van der Waals surface area contributed by atoms with Crippen molar-refractivity contribution in [2.45, 2.75) is 12.5 Å². The maximum Gasteiger partial charge on any atom is 0.228 e. The molecule has 0 saturated heterocycles. The fourth-order valence-corrected chi connectivity index (χ4v) is 1.86. The lowest BCUT2D eigenvalue weighted by atomic mass is 10.1. The standard InChI is InChI=1S/C14H13N5O/c15-11(10-4-2-1-3-5-10)8-13-18-14(19-20-13)12-9-16-6-7-17-12/h1-7,9,11H,8,15H2. The number of hydrogen-bond acceptors (Lipinski definition) is 6. The summed E-state index contributed by atoms with van der Waals surface area (Å²) < 4.78 is 5.20. The van der Waals surface area contributed by atoms with Crippen molar-refractivity contribution in [3.63, 3.8) is 0 Å². The van der Waals surface area contributed by atoms with Gasteiger partial charge in [0.25, 0.3) is 0 Å². The summed E-state index contributed by atoms with van der Waals surface area (Å²) in [5, 5.41) is 3.89. The average Bonchev–Trinajstić information content (AvgIpc) is 2.97. The molecule has 0 saturated carbocycles. The minimum absolute atomic E-state index is 0.175. The maximum atomic E-state index is 6.12. The van der Waals surface area contributed by atoms with Crippen LogP contribution in [0.4, 0.5) is 0 Å². The molecule has 0 fully saturated rings. The SMILES string of the molecule is NC(Cc1nc(-c2cnccn2)no1)c1ccccc1. The maximum absolute atomic E-state index is 6.12. The first kappa shape index (κ1) is 12.4. The molecule has 0 spiro atoms. The fraction of sp³-hybridized carbons (Fsp3) is 0.143. The number of aromatic nitrogens is 4. The van der Waals surface area contributed by atoms with Gasteiger partial charge in [0, 0.05) is 24.9 Å². The zero-order chi connectivity index (χ0) is 13.8. The first-order chi connectivity index (χ1) is 9.83. The molecule has 0 aliphatic carbocycles. The van der Waals surface area contributed by atoms with Crippen molar-refractivity contribution in [3.8, 4) is 11.5 Å². The zero-order valence-corrected chi connectivity index (χ0v) is 10.7. The Morgan fingerprint density at radius 3 is 2.75 bits per heavy atom. The van der Waals surface area contributed by atoms with Gasteiger partial charge in [-0.1, -0.05) is 35.5 Å². The normalized spacial score (nSPS) is 12.2. The van der Waals surface area contributed by atoms with Crippen LogP contribution in [-0.4, -0.2) is 20.1 Å². The van der Waals surface area contributed by atoms with Gasteiger partial charge < -0.3 is 10.3 Å². The van der Waals surface area contributed by atoms with E-state index in [1.165, 1.54) is 0 Å². The Balaban J connectivity index is 1.75. The second-order valence-electron chi connectivity index (χ2n) is 4.32. The highest BCUT2D eigenvalue weighted by atomic mass is 16.5. The molecule has 0 aliphatic rings. The highest BCUT2D eigenvalue weighted by Crippen LogP contribution is 2.17. The molecule has 6 heteroatoms. The minimum atomic E-state index is -0.175. The summed E-state index contributed by atoms with van der Waals surface area (Å²) in [5.41, 5.74) is 7.73. The lowest BCUT2D eigenvalue weighted by Gasteiger charge is -2.08. The molecule has 0 bridgehead atoms. The number of benzene rings is 1. The molecule has 20 heavy (non-hydrogen) atoms. The van der Waals surface area contributed by atoms with E-state index in [1.807, 2.05) is 30.3 Å². The van der Waals surface area contributed by atoms with Crippen molar-refractivity contribution in [1.82, 2.24) is 20.1 Å². The van der Waals surface area contributed by atoms with E-state index in [4.69, 9.17) is 10.3 Å². The monoisotopic (exact) mass is 267 g/mol. The Labute approximate surface area is 115 Å². The Bertz CT molecular complexity index is 668. The van der Waals surface area contributed by atoms with E-state index in [2.05, 4.69) is 20.1 Å². The van der Waals surface area contributed by atoms with E-state index in [0.29, 0.717) is 23.8 Å². The van der Waals surface area contributed by atoms with Crippen LogP contribution in [0.15, 0.2) is 53.4 Å². The van der Waals surface area contributed by atoms with E-state index in [1.54, 1.807) is 18.6 Å². The van der Waals surface area contributed by atoms with Crippen molar-refractivity contribution in [2.24, 2.45) is 5.73 Å². The van der Waals surface area contributed by atoms with Crippen molar-refractivity contribution in [3.05, 3.63) is 60.4 Å². The van der Waals surface area contributed by atoms with Gasteiger partial charge in [-0.3, -0.25) is 4.98 Å². The van der Waals surface area contributed by atoms with E-state index >= 15 is 0 Å². The van der Waals surface area contributed by atoms with Crippen molar-refractivity contribution in [1.29, 1.82) is 0 Å². The van der Waals surface area contributed by atoms with Gasteiger partial charge in [0.15, 0.2) is 0 Å². The third-order valence-corrected chi connectivity index (χ3v) is 2.88. The summed E-state index contributed by atoms with van der Waals surface area (Å²) in [6.45, 7) is 0. The molecular formula is C14H13N5O. The highest BCUT2D eigenvalue weighted by Gasteiger charge is 2.14. The lowest BCUT2D eigenvalue weighted by molar-refractivity contribution is 0.370. The van der Waals surface area contributed by atoms with Crippen LogP contribution in [0.25, 0.3) is 11.5 Å². The topological polar surface area (TPSA) is 90.7 Å². The van der Waals surface area contributed by atoms with Gasteiger partial charge in [0.1, 0.15) is 5.69 Å². The van der Waals surface area contributed by atoms with Gasteiger partial charge >= 0.3 is 0 Å². The van der Waals surface area contributed by atoms with Gasteiger partial charge in [-0.15, -0.1) is 0 Å². The Hall–Kier alpha value is -2.60. The predicted octanol–water partition coefficient (Wildman–Crippen LogP) is 1.77. The van der Waals surface area contributed by atoms with Gasteiger partial charge in [0.2, 0.25) is 11.7 Å². The molecular weight excluding hydrogens is 254 g/mol. The van der Waals surface area contributed by atoms with Gasteiger partial charge in [-0.25, -0.2) is 4.98 Å². The molecule has 1 unspecified atom stereocenters. The first-order valence-electron chi connectivity index (χ1n) is 6.22. The van der Waals surface area contributed by atoms with Gasteiger partial charge in [-0.2, -0.15) is 4.98 Å². The Morgan fingerprint density at radius 1 is 1.15 bits per heavy atom. The Kier molecular flexibility index (Phi) is 3.47. The summed E-state index contributed by atoms with van der Waals surface area (Å²) in [7, 11) is 0. The number of rotatable bonds is 4. The summed E-state index contributed by atoms with van der Waals surface area (Å²) in [5.74, 6) is 0.912. The molecule has 3 rings (SSSR count). The Morgan fingerprint density at radius 2 is 2.00 bits per heavy atom. The van der Waals surface area contributed by atoms with Gasteiger partial charge in [0.05, 0.1) is 6.20 Å². The van der Waals surface area contributed by atoms with Crippen LogP contribution in [0.3, 0.4) is 0 Å². The van der Waals surface area contributed by atoms with Crippen LogP contribution in [0.5, 0.6) is 0 Å². The van der Waals surface area contributed by atoms with E-state index in [-0.39, 0.29) is 6.04 Å². The molecule has 2 aromatic heterocycles. The average molecular weight is 267 g/mol. The number of nitrogens with zero attached hydrogens (tertiary/aromatic N) is 4. The van der Waals surface area contributed by atoms with Crippen molar-refractivity contribution >= 4 is 0 Å². The molecule has 2 N–H and O–H groups in total. The van der Waals surface area contributed by atoms with E-state index in [9.17, 15) is 0 Å². The second kappa shape index (κ2) is 5.58. The smallest absolute Gasteiger partial charge is 0.228 e. The molecule has 0 amide bonds. The van der Waals surface area contributed by atoms with Crippen molar-refractivity contribution < 1.29 is 4.52 Å². The van der Waals surface area contributed by atoms with Crippen LogP contribution in [0.1, 0.15) is 17.5 Å². The zero-order valence-electron chi connectivity index (χ0n) is 10.7. The third-order valence-electron chi connectivity index (χ3n) is 2.88. The third kappa shape index (κ3) is 2.70. The summed E-state index contributed by atoms with van der Waals surface area (Å²) >= 11 is 0. The van der Waals surface area contributed by atoms with Crippen LogP contribution >= 0.6 is 0 Å². The van der Waals surface area contributed by atoms with Crippen LogP contribution < -0.4 is 5.73 Å².